The molecular weight excluding hydrogens is 431 g/mol. The monoisotopic (exact) mass is 452 g/mol. The molecule has 4 atom stereocenters. The number of amides is 1. The van der Waals surface area contributed by atoms with Crippen molar-refractivity contribution in [1.82, 2.24) is 14.7 Å². The Labute approximate surface area is 191 Å². The second kappa shape index (κ2) is 7.81. The van der Waals surface area contributed by atoms with Crippen LogP contribution < -0.4 is 0 Å². The van der Waals surface area contributed by atoms with Gasteiger partial charge in [0.1, 0.15) is 5.92 Å². The molecule has 0 radical (unpaired) electrons. The second-order valence-corrected chi connectivity index (χ2v) is 9.07. The predicted octanol–water partition coefficient (Wildman–Crippen LogP) is 5.52. The van der Waals surface area contributed by atoms with Crippen molar-refractivity contribution in [2.45, 2.75) is 31.3 Å². The molecule has 2 heterocycles. The lowest BCUT2D eigenvalue weighted by Crippen LogP contribution is -2.44. The van der Waals surface area contributed by atoms with Gasteiger partial charge in [0.05, 0.1) is 22.3 Å². The first-order chi connectivity index (χ1) is 15.0. The summed E-state index contributed by atoms with van der Waals surface area (Å²) in [5.74, 6) is 0.683. The first kappa shape index (κ1) is 20.3. The largest absolute Gasteiger partial charge is 0.341 e. The quantitative estimate of drug-likeness (QED) is 0.523. The van der Waals surface area contributed by atoms with Crippen molar-refractivity contribution in [3.8, 4) is 0 Å². The fourth-order valence-electron chi connectivity index (χ4n) is 4.62. The Morgan fingerprint density at radius 2 is 1.84 bits per heavy atom. The van der Waals surface area contributed by atoms with Gasteiger partial charge in [-0.25, -0.2) is 9.67 Å². The lowest BCUT2D eigenvalue weighted by Gasteiger charge is -2.34. The topological polar surface area (TPSA) is 50.5 Å². The minimum atomic E-state index is -0.466. The van der Waals surface area contributed by atoms with E-state index in [4.69, 9.17) is 23.2 Å². The number of aliphatic imine (C=N–C) groups is 1. The molecule has 2 aromatic carbocycles. The number of aromatic nitrogens is 2. The number of halogens is 2. The highest BCUT2D eigenvalue weighted by Gasteiger charge is 2.47. The number of fused-ring (bicyclic) bond motifs is 1. The summed E-state index contributed by atoms with van der Waals surface area (Å²) in [4.78, 5) is 20.3. The third-order valence-corrected chi connectivity index (χ3v) is 7.09. The van der Waals surface area contributed by atoms with Crippen molar-refractivity contribution >= 4 is 40.6 Å². The van der Waals surface area contributed by atoms with Gasteiger partial charge in [0.25, 0.3) is 0 Å². The van der Waals surface area contributed by atoms with Crippen LogP contribution in [0.1, 0.15) is 36.4 Å². The summed E-state index contributed by atoms with van der Waals surface area (Å²) in [5, 5.41) is 5.42. The summed E-state index contributed by atoms with van der Waals surface area (Å²) in [5.41, 5.74) is 2.94. The summed E-state index contributed by atoms with van der Waals surface area (Å²) in [6.45, 7) is 1.92. The van der Waals surface area contributed by atoms with Gasteiger partial charge in [0.15, 0.2) is 5.82 Å². The highest BCUT2D eigenvalue weighted by molar-refractivity contribution is 6.42. The zero-order valence-corrected chi connectivity index (χ0v) is 18.8. The van der Waals surface area contributed by atoms with Crippen LogP contribution in [0.3, 0.4) is 0 Å². The van der Waals surface area contributed by atoms with Crippen LogP contribution in [-0.4, -0.2) is 39.4 Å². The molecule has 1 saturated carbocycles. The lowest BCUT2D eigenvalue weighted by atomic mass is 9.87. The summed E-state index contributed by atoms with van der Waals surface area (Å²) >= 11 is 12.5. The van der Waals surface area contributed by atoms with E-state index in [1.165, 1.54) is 5.56 Å². The van der Waals surface area contributed by atoms with Gasteiger partial charge >= 0.3 is 0 Å². The zero-order chi connectivity index (χ0) is 21.7. The first-order valence-corrected chi connectivity index (χ1v) is 11.1. The Hall–Kier alpha value is -2.63. The van der Waals surface area contributed by atoms with Crippen molar-refractivity contribution in [3.63, 3.8) is 0 Å². The minimum absolute atomic E-state index is 0.0434. The van der Waals surface area contributed by atoms with E-state index in [0.29, 0.717) is 16.0 Å². The average Bonchev–Trinajstić information content (AvgIpc) is 3.44. The van der Waals surface area contributed by atoms with Crippen LogP contribution in [-0.2, 0) is 4.79 Å². The Morgan fingerprint density at radius 3 is 2.58 bits per heavy atom. The van der Waals surface area contributed by atoms with Crippen molar-refractivity contribution in [2.75, 3.05) is 7.05 Å². The molecule has 158 valence electrons. The van der Waals surface area contributed by atoms with E-state index >= 15 is 0 Å². The van der Waals surface area contributed by atoms with Gasteiger partial charge in [-0.1, -0.05) is 59.6 Å². The fourth-order valence-corrected chi connectivity index (χ4v) is 4.93. The van der Waals surface area contributed by atoms with E-state index in [2.05, 4.69) is 22.2 Å². The molecule has 1 aliphatic heterocycles. The molecule has 7 heteroatoms. The Bertz CT molecular complexity index is 1170. The van der Waals surface area contributed by atoms with Crippen LogP contribution in [0.5, 0.6) is 0 Å². The van der Waals surface area contributed by atoms with Gasteiger partial charge in [0, 0.05) is 30.8 Å². The number of likely N-dealkylation sites (N-methyl/N-ethyl adjacent to an activating group) is 1. The number of benzene rings is 2. The van der Waals surface area contributed by atoms with Gasteiger partial charge < -0.3 is 4.90 Å². The third kappa shape index (κ3) is 3.56. The Morgan fingerprint density at radius 1 is 1.06 bits per heavy atom. The molecule has 5 rings (SSSR count). The number of carbonyl (C=O) groups is 1. The first-order valence-electron chi connectivity index (χ1n) is 10.3. The van der Waals surface area contributed by atoms with Crippen molar-refractivity contribution < 1.29 is 4.79 Å². The minimum Gasteiger partial charge on any atom is -0.341 e. The molecule has 1 aliphatic carbocycles. The predicted molar refractivity (Wildman–Crippen MR) is 123 cm³/mol. The molecule has 0 saturated heterocycles. The summed E-state index contributed by atoms with van der Waals surface area (Å²) < 4.78 is 1.81. The number of hydrogen-bond donors (Lipinski definition) is 0. The summed E-state index contributed by atoms with van der Waals surface area (Å²) in [7, 11) is 1.90. The van der Waals surface area contributed by atoms with Gasteiger partial charge in [0.2, 0.25) is 5.91 Å². The second-order valence-electron chi connectivity index (χ2n) is 8.25. The van der Waals surface area contributed by atoms with E-state index in [9.17, 15) is 4.79 Å². The molecule has 3 aromatic rings. The van der Waals surface area contributed by atoms with Gasteiger partial charge in [-0.3, -0.25) is 4.79 Å². The molecule has 1 aromatic heterocycles. The number of nitrogens with zero attached hydrogens (tertiary/aromatic N) is 4. The molecule has 5 nitrogen and oxygen atoms in total. The van der Waals surface area contributed by atoms with Crippen molar-refractivity contribution in [3.05, 3.63) is 82.0 Å². The van der Waals surface area contributed by atoms with E-state index in [0.717, 1.165) is 23.5 Å². The third-order valence-electron chi connectivity index (χ3n) is 6.35. The highest BCUT2D eigenvalue weighted by Crippen LogP contribution is 2.46. The van der Waals surface area contributed by atoms with Gasteiger partial charge in [-0.05, 0) is 36.6 Å². The SMILES string of the molecule is CC1=Nc2ccnn2C(c2ccc(Cl)c(Cl)c2)C1C(=O)N(C)[C@H]1C[C@@H]1c1ccccc1. The standard InChI is InChI=1S/C24H22Cl2N4O/c1-14-22(24(31)29(2)20-13-17(20)15-6-4-3-5-7-15)23(30-21(28-14)10-11-27-30)16-8-9-18(25)19(26)12-16/h3-12,17,20,22-23H,13H2,1-2H3/t17-,20+,22?,23?/m1/s1. The maximum absolute atomic E-state index is 13.8. The van der Waals surface area contributed by atoms with E-state index < -0.39 is 5.92 Å². The van der Waals surface area contributed by atoms with Crippen LogP contribution in [0.15, 0.2) is 65.8 Å². The van der Waals surface area contributed by atoms with Crippen molar-refractivity contribution in [1.29, 1.82) is 0 Å². The Balaban J connectivity index is 1.48. The fraction of sp³-hybridized carbons (Fsp3) is 0.292. The lowest BCUT2D eigenvalue weighted by molar-refractivity contribution is -0.133. The van der Waals surface area contributed by atoms with E-state index in [1.807, 2.05) is 60.0 Å². The number of carbonyl (C=O) groups excluding carboxylic acids is 1. The molecule has 31 heavy (non-hydrogen) atoms. The van der Waals surface area contributed by atoms with E-state index in [1.54, 1.807) is 12.3 Å². The van der Waals surface area contributed by atoms with Gasteiger partial charge in [-0.15, -0.1) is 0 Å². The maximum atomic E-state index is 13.8. The average molecular weight is 453 g/mol. The van der Waals surface area contributed by atoms with E-state index in [-0.39, 0.29) is 18.0 Å². The van der Waals surface area contributed by atoms with Crippen LogP contribution >= 0.6 is 23.2 Å². The molecule has 0 N–H and O–H groups in total. The van der Waals surface area contributed by atoms with Crippen molar-refractivity contribution in [2.24, 2.45) is 10.9 Å². The van der Waals surface area contributed by atoms with Crippen LogP contribution in [0.4, 0.5) is 5.82 Å². The summed E-state index contributed by atoms with van der Waals surface area (Å²) in [6.07, 6.45) is 2.68. The number of hydrogen-bond acceptors (Lipinski definition) is 3. The molecule has 2 unspecified atom stereocenters. The molecular formula is C24H22Cl2N4O. The maximum Gasteiger partial charge on any atom is 0.233 e. The van der Waals surface area contributed by atoms with Crippen LogP contribution in [0.2, 0.25) is 10.0 Å². The summed E-state index contributed by atoms with van der Waals surface area (Å²) in [6, 6.07) is 17.6. The Kier molecular flexibility index (Phi) is 5.11. The smallest absolute Gasteiger partial charge is 0.233 e. The van der Waals surface area contributed by atoms with Gasteiger partial charge in [-0.2, -0.15) is 5.10 Å². The molecule has 2 aliphatic rings. The molecule has 1 amide bonds. The zero-order valence-electron chi connectivity index (χ0n) is 17.2. The molecule has 0 spiro atoms. The number of rotatable bonds is 4. The molecule has 1 fully saturated rings. The molecule has 0 bridgehead atoms. The highest BCUT2D eigenvalue weighted by atomic mass is 35.5. The van der Waals surface area contributed by atoms with Crippen LogP contribution in [0, 0.1) is 5.92 Å². The normalized spacial score (nSPS) is 24.3. The van der Waals surface area contributed by atoms with Crippen LogP contribution in [0.25, 0.3) is 0 Å².